The van der Waals surface area contributed by atoms with Gasteiger partial charge in [0.15, 0.2) is 11.5 Å². The number of benzene rings is 2. The number of phenolic OH excluding ortho intramolecular Hbond substituents is 1. The average molecular weight is 463 g/mol. The highest BCUT2D eigenvalue weighted by atomic mass is 32.1. The summed E-state index contributed by atoms with van der Waals surface area (Å²) in [6.45, 7) is 7.93. The third-order valence-corrected chi connectivity index (χ3v) is 5.62. The number of hydrogen-bond acceptors (Lipinski definition) is 7. The van der Waals surface area contributed by atoms with E-state index in [-0.39, 0.29) is 29.8 Å². The molecule has 0 spiro atoms. The molecule has 7 heteroatoms. The molecule has 0 bridgehead atoms. The second kappa shape index (κ2) is 10.8. The normalized spacial score (nSPS) is 11.5. The summed E-state index contributed by atoms with van der Waals surface area (Å²) in [7, 11) is 0. The molecule has 3 aromatic rings. The smallest absolute Gasteiger partial charge is 0.357 e. The van der Waals surface area contributed by atoms with Crippen LogP contribution in [0.1, 0.15) is 69.8 Å². The molecule has 33 heavy (non-hydrogen) atoms. The van der Waals surface area contributed by atoms with Crippen molar-refractivity contribution in [2.45, 2.75) is 33.6 Å². The molecular formula is C26H26N2O4S. The number of aliphatic imine (C=N–C) groups is 1. The Labute approximate surface area is 197 Å². The van der Waals surface area contributed by atoms with E-state index in [4.69, 9.17) is 4.74 Å². The van der Waals surface area contributed by atoms with Gasteiger partial charge in [-0.25, -0.2) is 14.8 Å². The molecule has 1 heterocycles. The van der Waals surface area contributed by atoms with Crippen molar-refractivity contribution in [1.29, 1.82) is 0 Å². The average Bonchev–Trinajstić information content (AvgIpc) is 3.27. The molecule has 0 radical (unpaired) electrons. The lowest BCUT2D eigenvalue weighted by molar-refractivity contribution is 0.0520. The number of carbonyl (C=O) groups is 2. The number of ether oxygens (including phenoxy) is 1. The Morgan fingerprint density at radius 2 is 1.94 bits per heavy atom. The number of thiazole rings is 1. The Morgan fingerprint density at radius 3 is 2.61 bits per heavy atom. The number of allylic oxidation sites excluding steroid dienone is 1. The fourth-order valence-corrected chi connectivity index (χ4v) is 3.70. The zero-order valence-corrected chi connectivity index (χ0v) is 19.8. The van der Waals surface area contributed by atoms with Crippen molar-refractivity contribution in [3.63, 3.8) is 0 Å². The van der Waals surface area contributed by atoms with Gasteiger partial charge in [0.2, 0.25) is 5.13 Å². The van der Waals surface area contributed by atoms with Crippen molar-refractivity contribution >= 4 is 40.5 Å². The summed E-state index contributed by atoms with van der Waals surface area (Å²) >= 11 is 1.21. The molecule has 0 unspecified atom stereocenters. The van der Waals surface area contributed by atoms with Crippen molar-refractivity contribution in [1.82, 2.24) is 4.98 Å². The minimum atomic E-state index is -0.495. The summed E-state index contributed by atoms with van der Waals surface area (Å²) in [5, 5.41) is 12.7. The van der Waals surface area contributed by atoms with Crippen LogP contribution in [0.5, 0.6) is 5.75 Å². The molecule has 1 aromatic heterocycles. The maximum atomic E-state index is 12.5. The molecule has 0 saturated heterocycles. The van der Waals surface area contributed by atoms with E-state index in [0.717, 1.165) is 16.7 Å². The molecule has 2 aromatic carbocycles. The Morgan fingerprint density at radius 1 is 1.21 bits per heavy atom. The lowest BCUT2D eigenvalue weighted by Gasteiger charge is -2.12. The predicted octanol–water partition coefficient (Wildman–Crippen LogP) is 6.10. The Bertz CT molecular complexity index is 1210. The van der Waals surface area contributed by atoms with Crippen molar-refractivity contribution in [3.05, 3.63) is 81.4 Å². The SMILES string of the molecule is CCOC(=O)c1csc(N=Cc2cc(/C=C/C(=O)c3ccc(C)cc3)cc(C(C)C)c2O)n1. The molecule has 3 rings (SSSR count). The van der Waals surface area contributed by atoms with E-state index in [2.05, 4.69) is 9.98 Å². The number of ketones is 1. The van der Waals surface area contributed by atoms with E-state index in [9.17, 15) is 14.7 Å². The van der Waals surface area contributed by atoms with Gasteiger partial charge < -0.3 is 9.84 Å². The molecule has 0 aliphatic rings. The molecule has 0 amide bonds. The molecule has 0 aliphatic heterocycles. The molecular weight excluding hydrogens is 436 g/mol. The zero-order chi connectivity index (χ0) is 24.0. The Balaban J connectivity index is 1.87. The van der Waals surface area contributed by atoms with E-state index < -0.39 is 5.97 Å². The number of phenols is 1. The van der Waals surface area contributed by atoms with Crippen LogP contribution < -0.4 is 0 Å². The van der Waals surface area contributed by atoms with Gasteiger partial charge in [-0.05, 0) is 49.1 Å². The van der Waals surface area contributed by atoms with E-state index in [1.807, 2.05) is 39.0 Å². The summed E-state index contributed by atoms with van der Waals surface area (Å²) in [5.41, 5.74) is 3.92. The van der Waals surface area contributed by atoms with Gasteiger partial charge in [0, 0.05) is 22.7 Å². The van der Waals surface area contributed by atoms with Crippen molar-refractivity contribution in [2.75, 3.05) is 6.61 Å². The minimum Gasteiger partial charge on any atom is -0.507 e. The maximum absolute atomic E-state index is 12.5. The van der Waals surface area contributed by atoms with Crippen LogP contribution >= 0.6 is 11.3 Å². The van der Waals surface area contributed by atoms with Gasteiger partial charge in [-0.3, -0.25) is 4.79 Å². The van der Waals surface area contributed by atoms with Gasteiger partial charge in [-0.1, -0.05) is 49.8 Å². The summed E-state index contributed by atoms with van der Waals surface area (Å²) in [5.74, 6) is -0.407. The fraction of sp³-hybridized carbons (Fsp3) is 0.231. The first kappa shape index (κ1) is 24.1. The highest BCUT2D eigenvalue weighted by molar-refractivity contribution is 7.13. The number of rotatable bonds is 8. The number of nitrogens with zero attached hydrogens (tertiary/aromatic N) is 2. The zero-order valence-electron chi connectivity index (χ0n) is 19.0. The molecule has 0 atom stereocenters. The number of aryl methyl sites for hydroxylation is 1. The largest absolute Gasteiger partial charge is 0.507 e. The molecule has 0 saturated carbocycles. The van der Waals surface area contributed by atoms with Gasteiger partial charge >= 0.3 is 5.97 Å². The Hall–Kier alpha value is -3.58. The highest BCUT2D eigenvalue weighted by Gasteiger charge is 2.13. The number of aromatic hydroxyl groups is 1. The van der Waals surface area contributed by atoms with Gasteiger partial charge in [0.25, 0.3) is 0 Å². The third-order valence-electron chi connectivity index (χ3n) is 4.87. The molecule has 1 N–H and O–H groups in total. The van der Waals surface area contributed by atoms with E-state index in [1.54, 1.807) is 36.6 Å². The van der Waals surface area contributed by atoms with Gasteiger partial charge in [0.1, 0.15) is 5.75 Å². The number of aromatic nitrogens is 1. The van der Waals surface area contributed by atoms with E-state index in [0.29, 0.717) is 16.3 Å². The highest BCUT2D eigenvalue weighted by Crippen LogP contribution is 2.31. The molecule has 170 valence electrons. The standard InChI is InChI=1S/C26H26N2O4S/c1-5-32-25(31)22-15-33-26(28-22)27-14-20-12-18(13-21(16(2)3)24(20)30)8-11-23(29)19-9-6-17(4)7-10-19/h6-16,30H,5H2,1-4H3/b11-8+,27-14?. The second-order valence-corrected chi connectivity index (χ2v) is 8.60. The van der Waals surface area contributed by atoms with Crippen LogP contribution in [0.3, 0.4) is 0 Å². The Kier molecular flexibility index (Phi) is 7.90. The molecule has 0 aliphatic carbocycles. The quantitative estimate of drug-likeness (QED) is 0.189. The minimum absolute atomic E-state index is 0.0635. The maximum Gasteiger partial charge on any atom is 0.357 e. The third kappa shape index (κ3) is 6.23. The van der Waals surface area contributed by atoms with Crippen molar-refractivity contribution < 1.29 is 19.4 Å². The van der Waals surface area contributed by atoms with Gasteiger partial charge in [0.05, 0.1) is 6.61 Å². The second-order valence-electron chi connectivity index (χ2n) is 7.76. The summed E-state index contributed by atoms with van der Waals surface area (Å²) in [4.78, 5) is 32.8. The summed E-state index contributed by atoms with van der Waals surface area (Å²) in [6.07, 6.45) is 4.76. The first-order valence-electron chi connectivity index (χ1n) is 10.6. The lowest BCUT2D eigenvalue weighted by atomic mass is 9.96. The number of esters is 1. The van der Waals surface area contributed by atoms with E-state index >= 15 is 0 Å². The van der Waals surface area contributed by atoms with Crippen LogP contribution in [-0.4, -0.2) is 34.7 Å². The van der Waals surface area contributed by atoms with Crippen LogP contribution in [0, 0.1) is 6.92 Å². The summed E-state index contributed by atoms with van der Waals surface area (Å²) in [6, 6.07) is 11.0. The number of hydrogen-bond donors (Lipinski definition) is 1. The van der Waals surface area contributed by atoms with Crippen molar-refractivity contribution in [3.8, 4) is 5.75 Å². The van der Waals surface area contributed by atoms with Crippen molar-refractivity contribution in [2.24, 2.45) is 4.99 Å². The van der Waals surface area contributed by atoms with Crippen LogP contribution in [0.15, 0.2) is 52.8 Å². The number of carbonyl (C=O) groups excluding carboxylic acids is 2. The van der Waals surface area contributed by atoms with Crippen LogP contribution in [0.2, 0.25) is 0 Å². The van der Waals surface area contributed by atoms with Crippen LogP contribution in [0.4, 0.5) is 5.13 Å². The van der Waals surface area contributed by atoms with Gasteiger partial charge in [-0.2, -0.15) is 0 Å². The molecule has 6 nitrogen and oxygen atoms in total. The summed E-state index contributed by atoms with van der Waals surface area (Å²) < 4.78 is 4.94. The monoisotopic (exact) mass is 462 g/mol. The van der Waals surface area contributed by atoms with Crippen LogP contribution in [-0.2, 0) is 4.74 Å². The van der Waals surface area contributed by atoms with Gasteiger partial charge in [-0.15, -0.1) is 11.3 Å². The lowest BCUT2D eigenvalue weighted by Crippen LogP contribution is -2.04. The first-order valence-corrected chi connectivity index (χ1v) is 11.5. The fourth-order valence-electron chi connectivity index (χ4n) is 3.07. The molecule has 0 fully saturated rings. The van der Waals surface area contributed by atoms with E-state index in [1.165, 1.54) is 23.6 Å². The van der Waals surface area contributed by atoms with Crippen LogP contribution in [0.25, 0.3) is 6.08 Å². The predicted molar refractivity (Wildman–Crippen MR) is 132 cm³/mol. The topological polar surface area (TPSA) is 88.8 Å². The first-order chi connectivity index (χ1) is 15.8.